The molecule has 0 unspecified atom stereocenters. The molecule has 7 nitrogen and oxygen atoms in total. The number of anilines is 1. The van der Waals surface area contributed by atoms with Crippen LogP contribution in [0.5, 0.6) is 0 Å². The zero-order valence-electron chi connectivity index (χ0n) is 12.7. The van der Waals surface area contributed by atoms with Crippen molar-refractivity contribution in [2.24, 2.45) is 11.7 Å². The Kier molecular flexibility index (Phi) is 4.55. The Bertz CT molecular complexity index is 820. The summed E-state index contributed by atoms with van der Waals surface area (Å²) in [6, 6.07) is 6.85. The molecule has 8 heteroatoms. The molecule has 0 saturated carbocycles. The number of carbonyl (C=O) groups is 2. The molecular weight excluding hydrogens is 326 g/mol. The van der Waals surface area contributed by atoms with Crippen LogP contribution in [0.2, 0.25) is 0 Å². The molecule has 0 radical (unpaired) electrons. The second-order valence-corrected chi connectivity index (χ2v) is 6.42. The van der Waals surface area contributed by atoms with Crippen LogP contribution in [0, 0.1) is 17.4 Å². The third kappa shape index (κ3) is 3.13. The number of aromatic nitrogens is 1. The standard InChI is InChI=1S/C16H15N5O2S/c17-9-21(15(23)12-4-5-19-7-12)16-20-8-13(24-16)10-2-1-3-11(6-10)14(18)22/h1-3,6,8,12,19H,4-5,7H2,(H2,18,22)/t12-/m0/s1. The van der Waals surface area contributed by atoms with E-state index in [1.807, 2.05) is 12.3 Å². The van der Waals surface area contributed by atoms with Crippen LogP contribution in [0.1, 0.15) is 16.8 Å². The van der Waals surface area contributed by atoms with E-state index in [1.165, 1.54) is 11.3 Å². The highest BCUT2D eigenvalue weighted by molar-refractivity contribution is 7.19. The van der Waals surface area contributed by atoms with Gasteiger partial charge in [-0.05, 0) is 30.7 Å². The van der Waals surface area contributed by atoms with Gasteiger partial charge in [-0.2, -0.15) is 10.2 Å². The Balaban J connectivity index is 1.86. The zero-order valence-corrected chi connectivity index (χ0v) is 13.5. The lowest BCUT2D eigenvalue weighted by Crippen LogP contribution is -2.33. The SMILES string of the molecule is N#CN(C(=O)[C@H]1CCNC1)c1ncc(-c2cccc(C(N)=O)c2)s1. The average Bonchev–Trinajstić information content (AvgIpc) is 3.27. The van der Waals surface area contributed by atoms with Crippen molar-refractivity contribution in [2.45, 2.75) is 6.42 Å². The quantitative estimate of drug-likeness (QED) is 0.643. The summed E-state index contributed by atoms with van der Waals surface area (Å²) in [7, 11) is 0. The van der Waals surface area contributed by atoms with E-state index in [4.69, 9.17) is 5.73 Å². The molecule has 0 spiro atoms. The van der Waals surface area contributed by atoms with Gasteiger partial charge in [-0.1, -0.05) is 23.5 Å². The second-order valence-electron chi connectivity index (χ2n) is 5.42. The summed E-state index contributed by atoms with van der Waals surface area (Å²) in [6.45, 7) is 1.36. The summed E-state index contributed by atoms with van der Waals surface area (Å²) in [6.07, 6.45) is 4.23. The Morgan fingerprint density at radius 3 is 2.96 bits per heavy atom. The zero-order chi connectivity index (χ0) is 17.1. The van der Waals surface area contributed by atoms with Crippen LogP contribution in [0.25, 0.3) is 10.4 Å². The van der Waals surface area contributed by atoms with Crippen molar-refractivity contribution < 1.29 is 9.59 Å². The highest BCUT2D eigenvalue weighted by Gasteiger charge is 2.29. The van der Waals surface area contributed by atoms with E-state index in [0.717, 1.165) is 28.3 Å². The van der Waals surface area contributed by atoms with Crippen molar-refractivity contribution in [2.75, 3.05) is 18.0 Å². The van der Waals surface area contributed by atoms with Gasteiger partial charge in [0.25, 0.3) is 0 Å². The fraction of sp³-hybridized carbons (Fsp3) is 0.250. The third-order valence-electron chi connectivity index (χ3n) is 3.85. The summed E-state index contributed by atoms with van der Waals surface area (Å²) in [5, 5.41) is 12.8. The van der Waals surface area contributed by atoms with Crippen LogP contribution < -0.4 is 16.0 Å². The summed E-state index contributed by atoms with van der Waals surface area (Å²) in [4.78, 5) is 29.7. The van der Waals surface area contributed by atoms with E-state index in [9.17, 15) is 14.9 Å². The van der Waals surface area contributed by atoms with Crippen molar-refractivity contribution in [3.63, 3.8) is 0 Å². The van der Waals surface area contributed by atoms with E-state index in [2.05, 4.69) is 10.3 Å². The highest BCUT2D eigenvalue weighted by Crippen LogP contribution is 2.32. The molecule has 0 bridgehead atoms. The molecule has 2 amide bonds. The molecule has 1 fully saturated rings. The van der Waals surface area contributed by atoms with Crippen molar-refractivity contribution in [1.29, 1.82) is 5.26 Å². The molecule has 1 aromatic heterocycles. The number of benzene rings is 1. The first-order valence-corrected chi connectivity index (χ1v) is 8.22. The van der Waals surface area contributed by atoms with E-state index in [1.54, 1.807) is 24.4 Å². The molecular formula is C16H15N5O2S. The Morgan fingerprint density at radius 2 is 2.29 bits per heavy atom. The number of carbonyl (C=O) groups excluding carboxylic acids is 2. The van der Waals surface area contributed by atoms with Gasteiger partial charge in [0.1, 0.15) is 0 Å². The number of nitrogens with two attached hydrogens (primary N) is 1. The minimum atomic E-state index is -0.510. The van der Waals surface area contributed by atoms with Crippen molar-refractivity contribution in [1.82, 2.24) is 10.3 Å². The fourth-order valence-electron chi connectivity index (χ4n) is 2.56. The molecule has 122 valence electrons. The first-order valence-electron chi connectivity index (χ1n) is 7.40. The lowest BCUT2D eigenvalue weighted by molar-refractivity contribution is -0.121. The lowest BCUT2D eigenvalue weighted by Gasteiger charge is -2.14. The lowest BCUT2D eigenvalue weighted by atomic mass is 10.1. The Morgan fingerprint density at radius 1 is 1.46 bits per heavy atom. The largest absolute Gasteiger partial charge is 0.366 e. The molecule has 2 aromatic rings. The summed E-state index contributed by atoms with van der Waals surface area (Å²) in [5.41, 5.74) is 6.45. The van der Waals surface area contributed by atoms with E-state index >= 15 is 0 Å². The van der Waals surface area contributed by atoms with Gasteiger partial charge in [0.15, 0.2) is 6.19 Å². The number of primary amides is 1. The van der Waals surface area contributed by atoms with Crippen LogP contribution in [0.15, 0.2) is 30.5 Å². The van der Waals surface area contributed by atoms with E-state index in [0.29, 0.717) is 17.2 Å². The monoisotopic (exact) mass is 341 g/mol. The summed E-state index contributed by atoms with van der Waals surface area (Å²) < 4.78 is 0. The van der Waals surface area contributed by atoms with Crippen LogP contribution in [0.3, 0.4) is 0 Å². The molecule has 3 rings (SSSR count). The second kappa shape index (κ2) is 6.78. The number of rotatable bonds is 4. The van der Waals surface area contributed by atoms with Gasteiger partial charge in [0, 0.05) is 18.3 Å². The number of nitrogens with zero attached hydrogens (tertiary/aromatic N) is 3. The maximum Gasteiger partial charge on any atom is 0.248 e. The first-order chi connectivity index (χ1) is 11.6. The van der Waals surface area contributed by atoms with Gasteiger partial charge >= 0.3 is 0 Å². The van der Waals surface area contributed by atoms with Crippen LogP contribution >= 0.6 is 11.3 Å². The first kappa shape index (κ1) is 16.1. The molecule has 1 aliphatic heterocycles. The van der Waals surface area contributed by atoms with Crippen LogP contribution in [-0.4, -0.2) is 29.9 Å². The predicted octanol–water partition coefficient (Wildman–Crippen LogP) is 1.33. The predicted molar refractivity (Wildman–Crippen MR) is 90.1 cm³/mol. The fourth-order valence-corrected chi connectivity index (χ4v) is 3.44. The molecule has 1 saturated heterocycles. The van der Waals surface area contributed by atoms with Gasteiger partial charge in [-0.3, -0.25) is 9.59 Å². The third-order valence-corrected chi connectivity index (χ3v) is 4.88. The number of nitriles is 1. The van der Waals surface area contributed by atoms with Gasteiger partial charge in [-0.15, -0.1) is 0 Å². The molecule has 2 heterocycles. The maximum atomic E-state index is 12.4. The molecule has 24 heavy (non-hydrogen) atoms. The number of hydrogen-bond acceptors (Lipinski definition) is 6. The molecule has 1 aliphatic rings. The molecule has 0 aliphatic carbocycles. The summed E-state index contributed by atoms with van der Waals surface area (Å²) in [5.74, 6) is -0.950. The molecule has 1 atom stereocenters. The van der Waals surface area contributed by atoms with Crippen molar-refractivity contribution in [3.8, 4) is 16.6 Å². The molecule has 3 N–H and O–H groups in total. The minimum absolute atomic E-state index is 0.199. The average molecular weight is 341 g/mol. The topological polar surface area (TPSA) is 112 Å². The Labute approximate surface area is 142 Å². The van der Waals surface area contributed by atoms with Gasteiger partial charge in [0.05, 0.1) is 10.8 Å². The highest BCUT2D eigenvalue weighted by atomic mass is 32.1. The van der Waals surface area contributed by atoms with Gasteiger partial charge in [0.2, 0.25) is 16.9 Å². The number of amides is 2. The Hall–Kier alpha value is -2.76. The molecule has 1 aromatic carbocycles. The number of nitrogens with one attached hydrogen (secondary N) is 1. The van der Waals surface area contributed by atoms with Crippen LogP contribution in [-0.2, 0) is 4.79 Å². The normalized spacial score (nSPS) is 16.5. The van der Waals surface area contributed by atoms with Crippen LogP contribution in [0.4, 0.5) is 5.13 Å². The van der Waals surface area contributed by atoms with Gasteiger partial charge < -0.3 is 11.1 Å². The van der Waals surface area contributed by atoms with Crippen molar-refractivity contribution in [3.05, 3.63) is 36.0 Å². The number of thiazole rings is 1. The smallest absolute Gasteiger partial charge is 0.248 e. The van der Waals surface area contributed by atoms with E-state index in [-0.39, 0.29) is 11.8 Å². The van der Waals surface area contributed by atoms with Gasteiger partial charge in [-0.25, -0.2) is 4.98 Å². The minimum Gasteiger partial charge on any atom is -0.366 e. The van der Waals surface area contributed by atoms with E-state index < -0.39 is 5.91 Å². The summed E-state index contributed by atoms with van der Waals surface area (Å²) >= 11 is 1.23. The van der Waals surface area contributed by atoms with Crippen molar-refractivity contribution >= 4 is 28.3 Å². The maximum absolute atomic E-state index is 12.4. The number of hydrogen-bond donors (Lipinski definition) is 2.